The van der Waals surface area contributed by atoms with Gasteiger partial charge in [0.1, 0.15) is 0 Å². The van der Waals surface area contributed by atoms with Crippen LogP contribution in [0.2, 0.25) is 0 Å². The number of nitrogens with two attached hydrogens (primary N) is 1. The van der Waals surface area contributed by atoms with E-state index in [1.807, 2.05) is 0 Å². The first kappa shape index (κ1) is 15.2. The predicted molar refractivity (Wildman–Crippen MR) is 69.3 cm³/mol. The molecule has 1 amide bonds. The van der Waals surface area contributed by atoms with Crippen molar-refractivity contribution in [3.8, 4) is 0 Å². The molecule has 0 saturated heterocycles. The number of aliphatic carboxylic acids is 1. The summed E-state index contributed by atoms with van der Waals surface area (Å²) in [5, 5.41) is 11.8. The van der Waals surface area contributed by atoms with Gasteiger partial charge < -0.3 is 21.1 Å². The number of nitrogens with one attached hydrogen (secondary N) is 2. The van der Waals surface area contributed by atoms with E-state index in [1.165, 1.54) is 6.33 Å². The number of imidazole rings is 1. The monoisotopic (exact) mass is 268 g/mol. The van der Waals surface area contributed by atoms with Crippen LogP contribution in [0.1, 0.15) is 25.0 Å². The molecule has 7 nitrogen and oxygen atoms in total. The topological polar surface area (TPSA) is 121 Å². The SMILES string of the molecule is NCCCC(=O)NCCC(Cc1cnc[nH]1)C(=O)O. The van der Waals surface area contributed by atoms with Gasteiger partial charge in [-0.2, -0.15) is 0 Å². The van der Waals surface area contributed by atoms with Crippen LogP contribution in [0, 0.1) is 5.92 Å². The number of amides is 1. The lowest BCUT2D eigenvalue weighted by atomic mass is 10.00. The average molecular weight is 268 g/mol. The van der Waals surface area contributed by atoms with Crippen molar-refractivity contribution < 1.29 is 14.7 Å². The lowest BCUT2D eigenvalue weighted by molar-refractivity contribution is -0.142. The predicted octanol–water partition coefficient (Wildman–Crippen LogP) is -0.102. The van der Waals surface area contributed by atoms with Crippen LogP contribution in [-0.4, -0.2) is 40.0 Å². The summed E-state index contributed by atoms with van der Waals surface area (Å²) in [6.45, 7) is 0.833. The maximum atomic E-state index is 11.3. The minimum absolute atomic E-state index is 0.0869. The second-order valence-corrected chi connectivity index (χ2v) is 4.35. The molecule has 106 valence electrons. The van der Waals surface area contributed by atoms with Gasteiger partial charge in [-0.05, 0) is 19.4 Å². The van der Waals surface area contributed by atoms with E-state index < -0.39 is 11.9 Å². The number of rotatable bonds is 9. The zero-order valence-electron chi connectivity index (χ0n) is 10.8. The van der Waals surface area contributed by atoms with Gasteiger partial charge in [0, 0.05) is 31.3 Å². The maximum absolute atomic E-state index is 11.3. The number of aromatic nitrogens is 2. The first-order valence-corrected chi connectivity index (χ1v) is 6.30. The molecule has 1 rings (SSSR count). The zero-order chi connectivity index (χ0) is 14.1. The average Bonchev–Trinajstić information content (AvgIpc) is 2.87. The zero-order valence-corrected chi connectivity index (χ0v) is 10.8. The Hall–Kier alpha value is -1.89. The molecule has 0 radical (unpaired) electrons. The molecule has 1 aromatic heterocycles. The van der Waals surface area contributed by atoms with Crippen LogP contribution in [0.25, 0.3) is 0 Å². The highest BCUT2D eigenvalue weighted by molar-refractivity contribution is 5.76. The molecule has 19 heavy (non-hydrogen) atoms. The van der Waals surface area contributed by atoms with Crippen molar-refractivity contribution >= 4 is 11.9 Å². The molecule has 5 N–H and O–H groups in total. The summed E-state index contributed by atoms with van der Waals surface area (Å²) in [5.74, 6) is -1.49. The molecular formula is C12H20N4O3. The van der Waals surface area contributed by atoms with Crippen LogP contribution in [0.3, 0.4) is 0 Å². The third-order valence-electron chi connectivity index (χ3n) is 2.79. The van der Waals surface area contributed by atoms with E-state index >= 15 is 0 Å². The molecule has 1 aromatic rings. The number of H-pyrrole nitrogens is 1. The molecule has 7 heteroatoms. The minimum Gasteiger partial charge on any atom is -0.481 e. The molecule has 1 unspecified atom stereocenters. The van der Waals surface area contributed by atoms with Crippen molar-refractivity contribution in [3.63, 3.8) is 0 Å². The van der Waals surface area contributed by atoms with Crippen LogP contribution >= 0.6 is 0 Å². The summed E-state index contributed by atoms with van der Waals surface area (Å²) in [5.41, 5.74) is 6.08. The fourth-order valence-electron chi connectivity index (χ4n) is 1.71. The van der Waals surface area contributed by atoms with E-state index in [1.54, 1.807) is 6.20 Å². The maximum Gasteiger partial charge on any atom is 0.306 e. The fraction of sp³-hybridized carbons (Fsp3) is 0.583. The standard InChI is InChI=1S/C12H20N4O3/c13-4-1-2-11(17)15-5-3-9(12(18)19)6-10-7-14-8-16-10/h7-9H,1-6,13H2,(H,14,16)(H,15,17)(H,18,19). The van der Waals surface area contributed by atoms with Gasteiger partial charge >= 0.3 is 5.97 Å². The van der Waals surface area contributed by atoms with Crippen molar-refractivity contribution in [2.24, 2.45) is 11.7 Å². The molecule has 0 fully saturated rings. The van der Waals surface area contributed by atoms with E-state index in [9.17, 15) is 9.59 Å². The van der Waals surface area contributed by atoms with Crippen molar-refractivity contribution in [2.45, 2.75) is 25.7 Å². The molecule has 1 heterocycles. The second kappa shape index (κ2) is 8.25. The van der Waals surface area contributed by atoms with Gasteiger partial charge in [-0.25, -0.2) is 4.98 Å². The van der Waals surface area contributed by atoms with Crippen LogP contribution in [0.15, 0.2) is 12.5 Å². The van der Waals surface area contributed by atoms with Gasteiger partial charge in [0.05, 0.1) is 12.2 Å². The molecule has 0 aliphatic rings. The number of nitrogens with zero attached hydrogens (tertiary/aromatic N) is 1. The van der Waals surface area contributed by atoms with E-state index in [-0.39, 0.29) is 5.91 Å². The van der Waals surface area contributed by atoms with Crippen molar-refractivity contribution in [1.29, 1.82) is 0 Å². The first-order chi connectivity index (χ1) is 9.13. The Kier molecular flexibility index (Phi) is 6.59. The van der Waals surface area contributed by atoms with E-state index in [2.05, 4.69) is 15.3 Å². The Labute approximate surface area is 111 Å². The van der Waals surface area contributed by atoms with Crippen LogP contribution in [0.5, 0.6) is 0 Å². The van der Waals surface area contributed by atoms with Crippen molar-refractivity contribution in [2.75, 3.05) is 13.1 Å². The number of hydrogen-bond donors (Lipinski definition) is 4. The highest BCUT2D eigenvalue weighted by atomic mass is 16.4. The van der Waals surface area contributed by atoms with Crippen LogP contribution in [-0.2, 0) is 16.0 Å². The quantitative estimate of drug-likeness (QED) is 0.498. The van der Waals surface area contributed by atoms with Crippen LogP contribution < -0.4 is 11.1 Å². The number of hydrogen-bond acceptors (Lipinski definition) is 4. The molecule has 1 atom stereocenters. The number of aromatic amines is 1. The molecule has 0 aliphatic heterocycles. The Morgan fingerprint density at radius 3 is 2.89 bits per heavy atom. The molecule has 0 bridgehead atoms. The van der Waals surface area contributed by atoms with E-state index in [4.69, 9.17) is 10.8 Å². The summed E-state index contributed by atoms with van der Waals surface area (Å²) >= 11 is 0. The summed E-state index contributed by atoms with van der Waals surface area (Å²) in [6, 6.07) is 0. The Morgan fingerprint density at radius 2 is 2.32 bits per heavy atom. The summed E-state index contributed by atoms with van der Waals surface area (Å²) in [6.07, 6.45) is 4.92. The van der Waals surface area contributed by atoms with E-state index in [0.29, 0.717) is 38.8 Å². The third kappa shape index (κ3) is 6.01. The molecule has 0 aromatic carbocycles. The van der Waals surface area contributed by atoms with Crippen molar-refractivity contribution in [3.05, 3.63) is 18.2 Å². The summed E-state index contributed by atoms with van der Waals surface area (Å²) in [7, 11) is 0. The highest BCUT2D eigenvalue weighted by Gasteiger charge is 2.18. The summed E-state index contributed by atoms with van der Waals surface area (Å²) in [4.78, 5) is 29.2. The van der Waals surface area contributed by atoms with Gasteiger partial charge in [0.2, 0.25) is 5.91 Å². The van der Waals surface area contributed by atoms with E-state index in [0.717, 1.165) is 5.69 Å². The Bertz CT molecular complexity index is 392. The lowest BCUT2D eigenvalue weighted by Crippen LogP contribution is -2.28. The number of carbonyl (C=O) groups excluding carboxylic acids is 1. The number of carbonyl (C=O) groups is 2. The van der Waals surface area contributed by atoms with Gasteiger partial charge in [0.15, 0.2) is 0 Å². The number of carboxylic acids is 1. The van der Waals surface area contributed by atoms with Gasteiger partial charge in [0.25, 0.3) is 0 Å². The van der Waals surface area contributed by atoms with Crippen LogP contribution in [0.4, 0.5) is 0 Å². The number of carboxylic acid groups (broad SMARTS) is 1. The Morgan fingerprint density at radius 1 is 1.53 bits per heavy atom. The third-order valence-corrected chi connectivity index (χ3v) is 2.79. The lowest BCUT2D eigenvalue weighted by Gasteiger charge is -2.11. The Balaban J connectivity index is 2.30. The van der Waals surface area contributed by atoms with Gasteiger partial charge in [-0.3, -0.25) is 9.59 Å². The molecule has 0 aliphatic carbocycles. The second-order valence-electron chi connectivity index (χ2n) is 4.35. The fourth-order valence-corrected chi connectivity index (χ4v) is 1.71. The van der Waals surface area contributed by atoms with Crippen molar-refractivity contribution in [1.82, 2.24) is 15.3 Å². The molecule has 0 saturated carbocycles. The largest absolute Gasteiger partial charge is 0.481 e. The highest BCUT2D eigenvalue weighted by Crippen LogP contribution is 2.10. The minimum atomic E-state index is -0.870. The molecular weight excluding hydrogens is 248 g/mol. The van der Waals surface area contributed by atoms with Gasteiger partial charge in [-0.1, -0.05) is 0 Å². The van der Waals surface area contributed by atoms with Gasteiger partial charge in [-0.15, -0.1) is 0 Å². The normalized spacial score (nSPS) is 12.1. The summed E-state index contributed by atoms with van der Waals surface area (Å²) < 4.78 is 0. The smallest absolute Gasteiger partial charge is 0.306 e. The molecule has 0 spiro atoms. The first-order valence-electron chi connectivity index (χ1n) is 6.30.